The van der Waals surface area contributed by atoms with Crippen molar-refractivity contribution in [3.63, 3.8) is 0 Å². The number of hydrogen-bond donors (Lipinski definition) is 1. The van der Waals surface area contributed by atoms with Crippen molar-refractivity contribution in [3.05, 3.63) is 99.6 Å². The second-order valence-corrected chi connectivity index (χ2v) is 6.49. The molecule has 0 spiro atoms. The number of rotatable bonds is 1. The van der Waals surface area contributed by atoms with E-state index < -0.39 is 0 Å². The molecule has 3 aromatic rings. The maximum absolute atomic E-state index is 9.79. The summed E-state index contributed by atoms with van der Waals surface area (Å²) in [5.41, 5.74) is 7.00. The highest BCUT2D eigenvalue weighted by molar-refractivity contribution is 6.33. The summed E-state index contributed by atoms with van der Waals surface area (Å²) >= 11 is 6.58. The van der Waals surface area contributed by atoms with Crippen molar-refractivity contribution in [2.24, 2.45) is 0 Å². The highest BCUT2D eigenvalue weighted by Gasteiger charge is 2.20. The molecule has 0 aromatic heterocycles. The molecule has 0 atom stereocenters. The average molecular weight is 333 g/mol. The van der Waals surface area contributed by atoms with E-state index in [4.69, 9.17) is 11.6 Å². The standard InChI is InChI=1S/C22H17ClO/c23-21-10-4-7-17-12-11-16-6-1-2-9-19(16)20(22(17)21)14-15-5-3-8-18(24)13-15/h1-10,13-14,24H,11-12H2. The number of aryl methyl sites for hydroxylation is 2. The minimum atomic E-state index is 0.269. The molecular formula is C22H17ClO. The lowest BCUT2D eigenvalue weighted by molar-refractivity contribution is 0.475. The topological polar surface area (TPSA) is 20.2 Å². The van der Waals surface area contributed by atoms with Crippen molar-refractivity contribution in [2.45, 2.75) is 12.8 Å². The van der Waals surface area contributed by atoms with Crippen LogP contribution in [0.5, 0.6) is 5.75 Å². The van der Waals surface area contributed by atoms with Gasteiger partial charge in [0.1, 0.15) is 5.75 Å². The number of phenols is 1. The number of benzene rings is 3. The minimum Gasteiger partial charge on any atom is -0.508 e. The molecule has 0 unspecified atom stereocenters. The molecule has 1 N–H and O–H groups in total. The Bertz CT molecular complexity index is 940. The molecule has 0 saturated heterocycles. The van der Waals surface area contributed by atoms with E-state index in [1.165, 1.54) is 16.7 Å². The summed E-state index contributed by atoms with van der Waals surface area (Å²) in [6.45, 7) is 0. The fourth-order valence-electron chi connectivity index (χ4n) is 3.41. The highest BCUT2D eigenvalue weighted by atomic mass is 35.5. The quantitative estimate of drug-likeness (QED) is 0.603. The van der Waals surface area contributed by atoms with E-state index in [2.05, 4.69) is 36.4 Å². The largest absolute Gasteiger partial charge is 0.508 e. The summed E-state index contributed by atoms with van der Waals surface area (Å²) in [5, 5.41) is 10.6. The molecule has 4 rings (SSSR count). The average Bonchev–Trinajstić information content (AvgIpc) is 2.74. The SMILES string of the molecule is Oc1cccc(C=C2c3ccccc3CCc3cccc(Cl)c32)c1. The van der Waals surface area contributed by atoms with E-state index in [-0.39, 0.29) is 5.75 Å². The lowest BCUT2D eigenvalue weighted by Gasteiger charge is -2.14. The Labute approximate surface area is 146 Å². The first-order chi connectivity index (χ1) is 11.7. The van der Waals surface area contributed by atoms with E-state index >= 15 is 0 Å². The molecule has 24 heavy (non-hydrogen) atoms. The minimum absolute atomic E-state index is 0.269. The van der Waals surface area contributed by atoms with Crippen LogP contribution in [-0.2, 0) is 12.8 Å². The van der Waals surface area contributed by atoms with Crippen LogP contribution < -0.4 is 0 Å². The Morgan fingerprint density at radius 3 is 2.46 bits per heavy atom. The Morgan fingerprint density at radius 2 is 1.58 bits per heavy atom. The summed E-state index contributed by atoms with van der Waals surface area (Å²) in [6.07, 6.45) is 4.10. The van der Waals surface area contributed by atoms with Gasteiger partial charge in [0.2, 0.25) is 0 Å². The predicted molar refractivity (Wildman–Crippen MR) is 100 cm³/mol. The van der Waals surface area contributed by atoms with Gasteiger partial charge >= 0.3 is 0 Å². The van der Waals surface area contributed by atoms with Gasteiger partial charge in [0, 0.05) is 10.6 Å². The third kappa shape index (κ3) is 2.72. The van der Waals surface area contributed by atoms with Crippen LogP contribution >= 0.6 is 11.6 Å². The molecule has 2 heteroatoms. The molecule has 0 heterocycles. The molecule has 1 aliphatic rings. The van der Waals surface area contributed by atoms with Crippen molar-refractivity contribution >= 4 is 23.3 Å². The Balaban J connectivity index is 2.01. The molecular weight excluding hydrogens is 316 g/mol. The second kappa shape index (κ2) is 6.18. The monoisotopic (exact) mass is 332 g/mol. The number of hydrogen-bond acceptors (Lipinski definition) is 1. The number of halogens is 1. The highest BCUT2D eigenvalue weighted by Crippen LogP contribution is 2.38. The fraction of sp³-hybridized carbons (Fsp3) is 0.0909. The van der Waals surface area contributed by atoms with Crippen LogP contribution in [0.15, 0.2) is 66.7 Å². The van der Waals surface area contributed by atoms with Crippen LogP contribution in [-0.4, -0.2) is 5.11 Å². The van der Waals surface area contributed by atoms with Crippen molar-refractivity contribution in [2.75, 3.05) is 0 Å². The van der Waals surface area contributed by atoms with Crippen molar-refractivity contribution in [1.29, 1.82) is 0 Å². The second-order valence-electron chi connectivity index (χ2n) is 6.08. The van der Waals surface area contributed by atoms with Gasteiger partial charge in [-0.05, 0) is 64.9 Å². The van der Waals surface area contributed by atoms with Crippen molar-refractivity contribution in [3.8, 4) is 5.75 Å². The zero-order valence-corrected chi connectivity index (χ0v) is 13.9. The summed E-state index contributed by atoms with van der Waals surface area (Å²) < 4.78 is 0. The molecule has 0 amide bonds. The first-order valence-corrected chi connectivity index (χ1v) is 8.47. The molecule has 1 aliphatic carbocycles. The zero-order valence-electron chi connectivity index (χ0n) is 13.2. The van der Waals surface area contributed by atoms with Gasteiger partial charge in [-0.3, -0.25) is 0 Å². The predicted octanol–water partition coefficient (Wildman–Crippen LogP) is 5.73. The van der Waals surface area contributed by atoms with Crippen LogP contribution in [0.25, 0.3) is 11.6 Å². The van der Waals surface area contributed by atoms with Gasteiger partial charge in [0.25, 0.3) is 0 Å². The van der Waals surface area contributed by atoms with Gasteiger partial charge in [-0.2, -0.15) is 0 Å². The molecule has 0 fully saturated rings. The van der Waals surface area contributed by atoms with Crippen LogP contribution in [0, 0.1) is 0 Å². The van der Waals surface area contributed by atoms with Crippen LogP contribution in [0.4, 0.5) is 0 Å². The van der Waals surface area contributed by atoms with Gasteiger partial charge in [0.05, 0.1) is 0 Å². The first-order valence-electron chi connectivity index (χ1n) is 8.09. The Kier molecular flexibility index (Phi) is 3.87. The van der Waals surface area contributed by atoms with Crippen molar-refractivity contribution in [1.82, 2.24) is 0 Å². The van der Waals surface area contributed by atoms with Gasteiger partial charge in [-0.1, -0.05) is 60.1 Å². The first kappa shape index (κ1) is 15.0. The molecule has 0 saturated carbocycles. The van der Waals surface area contributed by atoms with Gasteiger partial charge < -0.3 is 5.11 Å². The zero-order chi connectivity index (χ0) is 16.5. The maximum Gasteiger partial charge on any atom is 0.116 e. The molecule has 118 valence electrons. The Hall–Kier alpha value is -2.51. The van der Waals surface area contributed by atoms with Crippen LogP contribution in [0.1, 0.15) is 27.8 Å². The smallest absolute Gasteiger partial charge is 0.116 e. The molecule has 0 bridgehead atoms. The summed E-state index contributed by atoms with van der Waals surface area (Å²) in [6, 6.07) is 21.9. The fourth-order valence-corrected chi connectivity index (χ4v) is 3.71. The summed E-state index contributed by atoms with van der Waals surface area (Å²) in [4.78, 5) is 0. The number of aromatic hydroxyl groups is 1. The lowest BCUT2D eigenvalue weighted by atomic mass is 9.92. The van der Waals surface area contributed by atoms with E-state index in [0.717, 1.165) is 34.6 Å². The third-order valence-electron chi connectivity index (χ3n) is 4.52. The molecule has 0 radical (unpaired) electrons. The summed E-state index contributed by atoms with van der Waals surface area (Å²) in [5.74, 6) is 0.269. The Morgan fingerprint density at radius 1 is 0.833 bits per heavy atom. The van der Waals surface area contributed by atoms with E-state index in [1.54, 1.807) is 12.1 Å². The number of phenolic OH excluding ortho intramolecular Hbond substituents is 1. The van der Waals surface area contributed by atoms with Gasteiger partial charge in [0.15, 0.2) is 0 Å². The van der Waals surface area contributed by atoms with Crippen LogP contribution in [0.2, 0.25) is 5.02 Å². The third-order valence-corrected chi connectivity index (χ3v) is 4.84. The van der Waals surface area contributed by atoms with Gasteiger partial charge in [-0.15, -0.1) is 0 Å². The van der Waals surface area contributed by atoms with E-state index in [0.29, 0.717) is 0 Å². The maximum atomic E-state index is 9.79. The van der Waals surface area contributed by atoms with E-state index in [1.807, 2.05) is 24.3 Å². The lowest BCUT2D eigenvalue weighted by Crippen LogP contribution is -1.93. The molecule has 0 aliphatic heterocycles. The number of fused-ring (bicyclic) bond motifs is 2. The van der Waals surface area contributed by atoms with Crippen molar-refractivity contribution < 1.29 is 5.11 Å². The van der Waals surface area contributed by atoms with Gasteiger partial charge in [-0.25, -0.2) is 0 Å². The van der Waals surface area contributed by atoms with Crippen LogP contribution in [0.3, 0.4) is 0 Å². The molecule has 3 aromatic carbocycles. The normalized spacial score (nSPS) is 14.8. The summed E-state index contributed by atoms with van der Waals surface area (Å²) in [7, 11) is 0. The van der Waals surface area contributed by atoms with E-state index in [9.17, 15) is 5.11 Å². The molecule has 1 nitrogen and oxygen atoms in total.